The van der Waals surface area contributed by atoms with E-state index in [0.717, 1.165) is 12.1 Å². The summed E-state index contributed by atoms with van der Waals surface area (Å²) in [6, 6.07) is 7.55. The second-order valence-electron chi connectivity index (χ2n) is 6.91. The number of aryl methyl sites for hydroxylation is 2. The van der Waals surface area contributed by atoms with Gasteiger partial charge in [0.2, 0.25) is 5.83 Å². The van der Waals surface area contributed by atoms with Crippen LogP contribution in [0.2, 0.25) is 0 Å². The third kappa shape index (κ3) is 5.12. The molecular formula is C24H17F7O. The average molecular weight is 454 g/mol. The van der Waals surface area contributed by atoms with Crippen LogP contribution in [0.1, 0.15) is 23.6 Å². The van der Waals surface area contributed by atoms with Crippen LogP contribution in [0.15, 0.2) is 54.5 Å². The normalized spacial score (nSPS) is 12.0. The van der Waals surface area contributed by atoms with Gasteiger partial charge in [-0.1, -0.05) is 24.3 Å². The highest BCUT2D eigenvalue weighted by Gasteiger charge is 2.18. The van der Waals surface area contributed by atoms with Crippen molar-refractivity contribution in [3.8, 4) is 11.1 Å². The van der Waals surface area contributed by atoms with Crippen molar-refractivity contribution < 1.29 is 35.5 Å². The molecule has 0 bridgehead atoms. The molecule has 0 aliphatic heterocycles. The number of ether oxygens (including phenoxy) is 1. The molecular weight excluding hydrogens is 437 g/mol. The van der Waals surface area contributed by atoms with Crippen molar-refractivity contribution in [3.63, 3.8) is 0 Å². The van der Waals surface area contributed by atoms with Crippen molar-refractivity contribution in [3.05, 3.63) is 100 Å². The average Bonchev–Trinajstić information content (AvgIpc) is 2.75. The predicted molar refractivity (Wildman–Crippen MR) is 106 cm³/mol. The summed E-state index contributed by atoms with van der Waals surface area (Å²) in [5.41, 5.74) is -0.183. The van der Waals surface area contributed by atoms with Gasteiger partial charge in [0.1, 0.15) is 11.6 Å². The summed E-state index contributed by atoms with van der Waals surface area (Å²) in [5.74, 6) is -8.09. The fraction of sp³-hybridized carbons (Fsp3) is 0.167. The second-order valence-corrected chi connectivity index (χ2v) is 6.91. The van der Waals surface area contributed by atoms with Crippen LogP contribution < -0.4 is 0 Å². The largest absolute Gasteiger partial charge is 0.469 e. The van der Waals surface area contributed by atoms with Gasteiger partial charge < -0.3 is 4.74 Å². The van der Waals surface area contributed by atoms with Gasteiger partial charge in [-0.3, -0.25) is 0 Å². The Hall–Kier alpha value is -3.29. The Morgan fingerprint density at radius 3 is 1.78 bits per heavy atom. The molecule has 3 aromatic rings. The van der Waals surface area contributed by atoms with E-state index in [-0.39, 0.29) is 24.2 Å². The van der Waals surface area contributed by atoms with Crippen LogP contribution in [0, 0.1) is 29.1 Å². The fourth-order valence-corrected chi connectivity index (χ4v) is 3.16. The summed E-state index contributed by atoms with van der Waals surface area (Å²) in [5, 5.41) is 0. The maximum Gasteiger partial charge on any atom is 0.309 e. The van der Waals surface area contributed by atoms with E-state index in [2.05, 4.69) is 4.74 Å². The third-order valence-electron chi connectivity index (χ3n) is 4.73. The highest BCUT2D eigenvalue weighted by Crippen LogP contribution is 2.30. The molecule has 0 aromatic heterocycles. The van der Waals surface area contributed by atoms with Crippen molar-refractivity contribution >= 4 is 5.83 Å². The molecule has 0 saturated heterocycles. The first-order valence-electron chi connectivity index (χ1n) is 9.61. The minimum atomic E-state index is -1.73. The zero-order valence-corrected chi connectivity index (χ0v) is 16.8. The maximum atomic E-state index is 14.5. The Kier molecular flexibility index (Phi) is 7.22. The van der Waals surface area contributed by atoms with Crippen LogP contribution in [0.4, 0.5) is 30.7 Å². The molecule has 0 atom stereocenters. The molecule has 0 saturated carbocycles. The molecule has 0 N–H and O–H groups in total. The minimum absolute atomic E-state index is 0.0140. The number of halogens is 7. The van der Waals surface area contributed by atoms with E-state index in [0.29, 0.717) is 24.1 Å². The highest BCUT2D eigenvalue weighted by molar-refractivity contribution is 5.65. The van der Waals surface area contributed by atoms with Crippen LogP contribution >= 0.6 is 0 Å². The molecule has 0 fully saturated rings. The molecule has 0 radical (unpaired) electrons. The molecule has 0 spiro atoms. The standard InChI is InChI=1S/C24H17F7O/c1-2-32-24(31)22(29)15-7-5-13(6-8-15)3-4-14-9-17(25)21(18(26)10-14)16-11-19(27)23(30)20(28)12-16/h5-12H,2-4H2,1H3. The summed E-state index contributed by atoms with van der Waals surface area (Å²) in [6.45, 7) is 1.50. The minimum Gasteiger partial charge on any atom is -0.469 e. The van der Waals surface area contributed by atoms with Gasteiger partial charge in [-0.25, -0.2) is 22.0 Å². The molecule has 0 aliphatic carbocycles. The van der Waals surface area contributed by atoms with Crippen molar-refractivity contribution in [1.82, 2.24) is 0 Å². The maximum absolute atomic E-state index is 14.5. The van der Waals surface area contributed by atoms with Gasteiger partial charge in [0.15, 0.2) is 17.5 Å². The number of hydrogen-bond donors (Lipinski definition) is 0. The molecule has 0 amide bonds. The molecule has 8 heteroatoms. The lowest BCUT2D eigenvalue weighted by molar-refractivity contribution is 0.156. The Balaban J connectivity index is 1.76. The van der Waals surface area contributed by atoms with Crippen LogP contribution in [-0.4, -0.2) is 6.61 Å². The number of hydrogen-bond acceptors (Lipinski definition) is 1. The summed E-state index contributed by atoms with van der Waals surface area (Å²) >= 11 is 0. The highest BCUT2D eigenvalue weighted by atomic mass is 19.2. The Morgan fingerprint density at radius 2 is 1.25 bits per heavy atom. The lowest BCUT2D eigenvalue weighted by Crippen LogP contribution is -1.99. The Labute approximate surface area is 179 Å². The molecule has 0 unspecified atom stereocenters. The van der Waals surface area contributed by atoms with Crippen molar-refractivity contribution in [2.24, 2.45) is 0 Å². The molecule has 0 heterocycles. The van der Waals surface area contributed by atoms with Crippen LogP contribution in [0.25, 0.3) is 17.0 Å². The number of benzene rings is 3. The molecule has 1 nitrogen and oxygen atoms in total. The first-order valence-corrected chi connectivity index (χ1v) is 9.61. The van der Waals surface area contributed by atoms with E-state index in [1.807, 2.05) is 0 Å². The predicted octanol–water partition coefficient (Wildman–Crippen LogP) is 7.44. The SMILES string of the molecule is CCOC(F)=C(F)c1ccc(CCc2cc(F)c(-c3cc(F)c(F)c(F)c3)c(F)c2)cc1. The van der Waals surface area contributed by atoms with Gasteiger partial charge in [-0.15, -0.1) is 0 Å². The Bertz CT molecular complexity index is 1110. The van der Waals surface area contributed by atoms with E-state index in [1.54, 1.807) is 12.1 Å². The first-order chi connectivity index (χ1) is 15.2. The quantitative estimate of drug-likeness (QED) is 0.205. The second kappa shape index (κ2) is 9.89. The monoisotopic (exact) mass is 454 g/mol. The number of rotatable bonds is 7. The summed E-state index contributed by atoms with van der Waals surface area (Å²) in [4.78, 5) is 0. The van der Waals surface area contributed by atoms with Crippen molar-refractivity contribution in [1.29, 1.82) is 0 Å². The topological polar surface area (TPSA) is 9.23 Å². The smallest absolute Gasteiger partial charge is 0.309 e. The van der Waals surface area contributed by atoms with Gasteiger partial charge in [-0.2, -0.15) is 8.78 Å². The van der Waals surface area contributed by atoms with Crippen molar-refractivity contribution in [2.45, 2.75) is 19.8 Å². The lowest BCUT2D eigenvalue weighted by atomic mass is 9.98. The lowest BCUT2D eigenvalue weighted by Gasteiger charge is -2.10. The van der Waals surface area contributed by atoms with Crippen molar-refractivity contribution in [2.75, 3.05) is 6.61 Å². The molecule has 168 valence electrons. The molecule has 0 aliphatic rings. The first kappa shape index (κ1) is 23.4. The molecule has 3 aromatic carbocycles. The molecule has 3 rings (SSSR count). The van der Waals surface area contributed by atoms with E-state index in [4.69, 9.17) is 0 Å². The summed E-state index contributed by atoms with van der Waals surface area (Å²) in [6.07, 6.45) is 0.531. The van der Waals surface area contributed by atoms with Gasteiger partial charge in [0, 0.05) is 5.56 Å². The Morgan fingerprint density at radius 1 is 0.719 bits per heavy atom. The van der Waals surface area contributed by atoms with Gasteiger partial charge in [-0.05, 0) is 60.7 Å². The van der Waals surface area contributed by atoms with E-state index in [1.165, 1.54) is 19.1 Å². The van der Waals surface area contributed by atoms with Crippen LogP contribution in [-0.2, 0) is 17.6 Å². The summed E-state index contributed by atoms with van der Waals surface area (Å²) < 4.78 is 101. The van der Waals surface area contributed by atoms with Crippen LogP contribution in [0.5, 0.6) is 0 Å². The van der Waals surface area contributed by atoms with E-state index in [9.17, 15) is 30.7 Å². The zero-order valence-electron chi connectivity index (χ0n) is 16.8. The van der Waals surface area contributed by atoms with E-state index >= 15 is 0 Å². The molecule has 32 heavy (non-hydrogen) atoms. The fourth-order valence-electron chi connectivity index (χ4n) is 3.16. The van der Waals surface area contributed by atoms with Crippen LogP contribution in [0.3, 0.4) is 0 Å². The zero-order chi connectivity index (χ0) is 23.4. The van der Waals surface area contributed by atoms with E-state index < -0.39 is 52.1 Å². The van der Waals surface area contributed by atoms with Gasteiger partial charge in [0.05, 0.1) is 12.2 Å². The van der Waals surface area contributed by atoms with Gasteiger partial charge >= 0.3 is 6.01 Å². The third-order valence-corrected chi connectivity index (χ3v) is 4.73. The van der Waals surface area contributed by atoms with Gasteiger partial charge in [0.25, 0.3) is 0 Å². The summed E-state index contributed by atoms with van der Waals surface area (Å²) in [7, 11) is 0.